The lowest BCUT2D eigenvalue weighted by molar-refractivity contribution is 0.230. The Morgan fingerprint density at radius 1 is 0.900 bits per heavy atom. The average molecular weight is 551 g/mol. The van der Waals surface area contributed by atoms with Gasteiger partial charge in [-0.1, -0.05) is 39.8 Å². The highest BCUT2D eigenvalue weighted by molar-refractivity contribution is 5.75. The highest BCUT2D eigenvalue weighted by atomic mass is 19.1. The van der Waals surface area contributed by atoms with E-state index in [9.17, 15) is 4.39 Å². The van der Waals surface area contributed by atoms with E-state index in [2.05, 4.69) is 25.1 Å². The van der Waals surface area contributed by atoms with Gasteiger partial charge in [-0.25, -0.2) is 23.9 Å². The molecular formula is C28H39FN10O. The van der Waals surface area contributed by atoms with E-state index in [-0.39, 0.29) is 24.4 Å². The summed E-state index contributed by atoms with van der Waals surface area (Å²) in [6, 6.07) is 7.91. The van der Waals surface area contributed by atoms with Crippen molar-refractivity contribution in [3.8, 4) is 11.1 Å². The van der Waals surface area contributed by atoms with Crippen molar-refractivity contribution >= 4 is 17.3 Å². The van der Waals surface area contributed by atoms with Crippen LogP contribution in [0.25, 0.3) is 16.6 Å². The Morgan fingerprint density at radius 2 is 1.52 bits per heavy atom. The molecular weight excluding hydrogens is 511 g/mol. The van der Waals surface area contributed by atoms with Gasteiger partial charge in [-0.2, -0.15) is 10.2 Å². The maximum absolute atomic E-state index is 12.8. The second kappa shape index (κ2) is 14.7. The normalized spacial score (nSPS) is 12.5. The molecule has 2 atom stereocenters. The fourth-order valence-electron chi connectivity index (χ4n) is 3.49. The van der Waals surface area contributed by atoms with Crippen molar-refractivity contribution in [2.75, 3.05) is 18.1 Å². The molecule has 0 unspecified atom stereocenters. The standard InChI is InChI=1S/C12H13FN4.C12H14N6O.2C2H6/c1-12(15,8-2-4-10(13)5-3-8)9-6-16-11(14)17-7-9;1-8(6-19)17-5-10(3-15-17)9-2-11-12(13)14-7-16-18(11)4-9;2*1-2/h2-7H,15H2,1H3,(H2,14,16,17);2-5,7-8,19H,6H2,1H3,(H2,13,14,16);2*1-2H3/t12-;8-;;/m01../s1. The van der Waals surface area contributed by atoms with E-state index in [0.29, 0.717) is 5.82 Å². The lowest BCUT2D eigenvalue weighted by Crippen LogP contribution is -2.34. The minimum Gasteiger partial charge on any atom is -0.394 e. The van der Waals surface area contributed by atoms with Gasteiger partial charge < -0.3 is 22.3 Å². The first-order valence-corrected chi connectivity index (χ1v) is 13.1. The summed E-state index contributed by atoms with van der Waals surface area (Å²) in [5, 5.41) is 17.5. The number of nitrogens with two attached hydrogens (primary N) is 3. The molecule has 0 aliphatic rings. The van der Waals surface area contributed by atoms with Gasteiger partial charge >= 0.3 is 0 Å². The van der Waals surface area contributed by atoms with Gasteiger partial charge in [0.15, 0.2) is 5.82 Å². The van der Waals surface area contributed by atoms with Crippen molar-refractivity contribution < 1.29 is 9.50 Å². The summed E-state index contributed by atoms with van der Waals surface area (Å²) >= 11 is 0. The number of anilines is 2. The van der Waals surface area contributed by atoms with Crippen LogP contribution < -0.4 is 17.2 Å². The van der Waals surface area contributed by atoms with Gasteiger partial charge in [0.05, 0.1) is 24.4 Å². The second-order valence-corrected chi connectivity index (χ2v) is 8.48. The zero-order valence-electron chi connectivity index (χ0n) is 23.8. The number of aliphatic hydroxyl groups excluding tert-OH is 1. The van der Waals surface area contributed by atoms with E-state index < -0.39 is 5.54 Å². The van der Waals surface area contributed by atoms with Crippen LogP contribution in [0, 0.1) is 5.82 Å². The van der Waals surface area contributed by atoms with Crippen molar-refractivity contribution in [3.05, 3.63) is 84.6 Å². The fourth-order valence-corrected chi connectivity index (χ4v) is 3.49. The summed E-state index contributed by atoms with van der Waals surface area (Å²) in [4.78, 5) is 11.8. The van der Waals surface area contributed by atoms with E-state index in [1.165, 1.54) is 18.5 Å². The van der Waals surface area contributed by atoms with Crippen LogP contribution in [0.1, 0.15) is 58.7 Å². The molecule has 5 aromatic rings. The predicted molar refractivity (Wildman–Crippen MR) is 157 cm³/mol. The first-order chi connectivity index (χ1) is 19.2. The molecule has 0 amide bonds. The molecule has 12 heteroatoms. The van der Waals surface area contributed by atoms with Gasteiger partial charge in [0.2, 0.25) is 5.95 Å². The lowest BCUT2D eigenvalue weighted by Gasteiger charge is -2.25. The zero-order chi connectivity index (χ0) is 29.9. The molecule has 7 N–H and O–H groups in total. The topological polar surface area (TPSA) is 172 Å². The van der Waals surface area contributed by atoms with Crippen LogP contribution in [0.4, 0.5) is 16.2 Å². The molecule has 0 fully saturated rings. The average Bonchev–Trinajstić information content (AvgIpc) is 3.64. The summed E-state index contributed by atoms with van der Waals surface area (Å²) < 4.78 is 16.3. The molecule has 0 aliphatic carbocycles. The number of nitrogen functional groups attached to an aromatic ring is 2. The van der Waals surface area contributed by atoms with Gasteiger partial charge in [0.25, 0.3) is 0 Å². The smallest absolute Gasteiger partial charge is 0.219 e. The third-order valence-corrected chi connectivity index (χ3v) is 5.80. The number of halogens is 1. The number of benzene rings is 1. The number of hydrogen-bond donors (Lipinski definition) is 4. The Kier molecular flexibility index (Phi) is 11.7. The van der Waals surface area contributed by atoms with Crippen molar-refractivity contribution in [1.29, 1.82) is 0 Å². The summed E-state index contributed by atoms with van der Waals surface area (Å²) in [5.74, 6) is 0.346. The number of aromatic nitrogens is 7. The van der Waals surface area contributed by atoms with Crippen LogP contribution in [0.3, 0.4) is 0 Å². The molecule has 0 saturated carbocycles. The molecule has 0 bridgehead atoms. The predicted octanol–water partition coefficient (Wildman–Crippen LogP) is 4.20. The monoisotopic (exact) mass is 550 g/mol. The number of hydrogen-bond acceptors (Lipinski definition) is 9. The molecule has 40 heavy (non-hydrogen) atoms. The Balaban J connectivity index is 0.000000251. The van der Waals surface area contributed by atoms with Crippen molar-refractivity contribution in [2.45, 2.75) is 53.1 Å². The molecule has 0 spiro atoms. The van der Waals surface area contributed by atoms with E-state index in [4.69, 9.17) is 22.3 Å². The Hall–Kier alpha value is -4.42. The molecule has 11 nitrogen and oxygen atoms in total. The van der Waals surface area contributed by atoms with Gasteiger partial charge in [-0.05, 0) is 37.6 Å². The van der Waals surface area contributed by atoms with Crippen molar-refractivity contribution in [2.24, 2.45) is 5.73 Å². The fraction of sp³-hybridized carbons (Fsp3) is 0.321. The minimum absolute atomic E-state index is 0.0457. The SMILES string of the molecule is CC.CC.C[C@H](CO)n1cc(-c2cc3c(N)ncnn3c2)cn1.C[C@](N)(c1ccc(F)cc1)c1cnc(N)nc1. The highest BCUT2D eigenvalue weighted by Gasteiger charge is 2.24. The van der Waals surface area contributed by atoms with Crippen LogP contribution in [-0.2, 0) is 5.54 Å². The number of nitrogens with zero attached hydrogens (tertiary/aromatic N) is 7. The molecule has 5 rings (SSSR count). The highest BCUT2D eigenvalue weighted by Crippen LogP contribution is 2.26. The van der Waals surface area contributed by atoms with Gasteiger partial charge in [-0.3, -0.25) is 4.68 Å². The minimum atomic E-state index is -0.776. The summed E-state index contributed by atoms with van der Waals surface area (Å²) in [6.45, 7) is 11.8. The number of rotatable bonds is 5. The van der Waals surface area contributed by atoms with E-state index in [1.807, 2.05) is 60.0 Å². The van der Waals surface area contributed by atoms with Crippen LogP contribution in [0.15, 0.2) is 67.6 Å². The molecule has 4 heterocycles. The maximum Gasteiger partial charge on any atom is 0.219 e. The Bertz CT molecular complexity index is 1400. The van der Waals surface area contributed by atoms with Gasteiger partial charge in [0.1, 0.15) is 17.7 Å². The van der Waals surface area contributed by atoms with Crippen molar-refractivity contribution in [1.82, 2.24) is 34.3 Å². The third-order valence-electron chi connectivity index (χ3n) is 5.80. The van der Waals surface area contributed by atoms with Crippen LogP contribution in [-0.4, -0.2) is 46.1 Å². The second-order valence-electron chi connectivity index (χ2n) is 8.48. The molecule has 214 valence electrons. The maximum atomic E-state index is 12.8. The summed E-state index contributed by atoms with van der Waals surface area (Å²) in [6.07, 6.45) is 10.1. The molecule has 0 radical (unpaired) electrons. The number of fused-ring (bicyclic) bond motifs is 1. The molecule has 1 aromatic carbocycles. The van der Waals surface area contributed by atoms with Crippen LogP contribution in [0.2, 0.25) is 0 Å². The molecule has 0 aliphatic heterocycles. The van der Waals surface area contributed by atoms with Gasteiger partial charge in [-0.15, -0.1) is 0 Å². The van der Waals surface area contributed by atoms with Crippen LogP contribution in [0.5, 0.6) is 0 Å². The Labute approximate surface area is 233 Å². The van der Waals surface area contributed by atoms with E-state index >= 15 is 0 Å². The molecule has 4 aromatic heterocycles. The number of aliphatic hydroxyl groups is 1. The first kappa shape index (κ1) is 31.8. The first-order valence-electron chi connectivity index (χ1n) is 13.1. The largest absolute Gasteiger partial charge is 0.394 e. The summed E-state index contributed by atoms with van der Waals surface area (Å²) in [7, 11) is 0. The zero-order valence-corrected chi connectivity index (χ0v) is 23.8. The van der Waals surface area contributed by atoms with Crippen molar-refractivity contribution in [3.63, 3.8) is 0 Å². The van der Waals surface area contributed by atoms with E-state index in [1.54, 1.807) is 39.9 Å². The van der Waals surface area contributed by atoms with Gasteiger partial charge in [0, 0.05) is 41.5 Å². The molecule has 0 saturated heterocycles. The summed E-state index contributed by atoms with van der Waals surface area (Å²) in [5.41, 5.74) is 20.8. The van der Waals surface area contributed by atoms with E-state index in [0.717, 1.165) is 27.8 Å². The quantitative estimate of drug-likeness (QED) is 0.250. The lowest BCUT2D eigenvalue weighted by atomic mass is 9.87. The van der Waals surface area contributed by atoms with Crippen LogP contribution >= 0.6 is 0 Å². The Morgan fingerprint density at radius 3 is 2.10 bits per heavy atom. The third kappa shape index (κ3) is 7.58.